The van der Waals surface area contributed by atoms with Crippen LogP contribution in [0.4, 0.5) is 5.69 Å². The van der Waals surface area contributed by atoms with Crippen molar-refractivity contribution in [2.24, 2.45) is 0 Å². The molecule has 14 heavy (non-hydrogen) atoms. The maximum Gasteiger partial charge on any atom is 0.0539 e. The van der Waals surface area contributed by atoms with Gasteiger partial charge in [-0.1, -0.05) is 0 Å². The smallest absolute Gasteiger partial charge is 0.0539 e. The molecule has 0 aliphatic rings. The van der Waals surface area contributed by atoms with E-state index in [0.29, 0.717) is 0 Å². The summed E-state index contributed by atoms with van der Waals surface area (Å²) in [7, 11) is 0. The molecule has 0 saturated carbocycles. The highest BCUT2D eigenvalue weighted by Gasteiger charge is 1.99. The van der Waals surface area contributed by atoms with Gasteiger partial charge in [-0.15, -0.1) is 0 Å². The average Bonchev–Trinajstić information content (AvgIpc) is 2.63. The minimum atomic E-state index is 0.772. The van der Waals surface area contributed by atoms with E-state index in [1.54, 1.807) is 12.4 Å². The minimum absolute atomic E-state index is 0.772. The number of pyridine rings is 1. The van der Waals surface area contributed by atoms with Crippen molar-refractivity contribution in [1.29, 1.82) is 0 Å². The summed E-state index contributed by atoms with van der Waals surface area (Å²) >= 11 is 0. The van der Waals surface area contributed by atoms with Crippen molar-refractivity contribution < 1.29 is 0 Å². The van der Waals surface area contributed by atoms with Gasteiger partial charge < -0.3 is 5.32 Å². The van der Waals surface area contributed by atoms with Crippen LogP contribution in [0.25, 0.3) is 0 Å². The van der Waals surface area contributed by atoms with Crippen LogP contribution in [-0.2, 0) is 6.54 Å². The van der Waals surface area contributed by atoms with Crippen molar-refractivity contribution >= 4 is 5.69 Å². The third-order valence-electron chi connectivity index (χ3n) is 2.08. The molecular formula is C10H12N4. The first kappa shape index (κ1) is 8.74. The average molecular weight is 188 g/mol. The Morgan fingerprint density at radius 1 is 1.43 bits per heavy atom. The van der Waals surface area contributed by atoms with Crippen molar-refractivity contribution in [2.45, 2.75) is 13.5 Å². The van der Waals surface area contributed by atoms with E-state index in [2.05, 4.69) is 20.5 Å². The second-order valence-corrected chi connectivity index (χ2v) is 3.12. The van der Waals surface area contributed by atoms with Gasteiger partial charge in [-0.25, -0.2) is 0 Å². The first-order chi connectivity index (χ1) is 6.86. The maximum atomic E-state index is 4.02. The minimum Gasteiger partial charge on any atom is -0.380 e. The lowest BCUT2D eigenvalue weighted by molar-refractivity contribution is 1.04. The zero-order chi connectivity index (χ0) is 9.80. The van der Waals surface area contributed by atoms with E-state index in [1.807, 2.05) is 25.3 Å². The molecule has 0 spiro atoms. The molecule has 72 valence electrons. The molecule has 0 atom stereocenters. The summed E-state index contributed by atoms with van der Waals surface area (Å²) in [5.74, 6) is 0. The van der Waals surface area contributed by atoms with Gasteiger partial charge in [-0.05, 0) is 19.1 Å². The molecule has 2 aromatic heterocycles. The largest absolute Gasteiger partial charge is 0.380 e. The van der Waals surface area contributed by atoms with Gasteiger partial charge in [0.25, 0.3) is 0 Å². The van der Waals surface area contributed by atoms with E-state index >= 15 is 0 Å². The molecule has 0 saturated heterocycles. The fraction of sp³-hybridized carbons (Fsp3) is 0.200. The van der Waals surface area contributed by atoms with Gasteiger partial charge in [0.1, 0.15) is 0 Å². The molecule has 0 aromatic carbocycles. The lowest BCUT2D eigenvalue weighted by atomic mass is 10.2. The van der Waals surface area contributed by atoms with Crippen LogP contribution in [-0.4, -0.2) is 15.2 Å². The van der Waals surface area contributed by atoms with Crippen LogP contribution in [0.15, 0.2) is 30.7 Å². The summed E-state index contributed by atoms with van der Waals surface area (Å²) < 4.78 is 0. The Bertz CT molecular complexity index is 394. The van der Waals surface area contributed by atoms with Crippen LogP contribution in [0.5, 0.6) is 0 Å². The topological polar surface area (TPSA) is 53.6 Å². The fourth-order valence-corrected chi connectivity index (χ4v) is 1.22. The molecule has 2 aromatic rings. The molecule has 0 radical (unpaired) electrons. The van der Waals surface area contributed by atoms with Crippen molar-refractivity contribution in [3.05, 3.63) is 42.0 Å². The van der Waals surface area contributed by atoms with Gasteiger partial charge in [0.05, 0.1) is 11.9 Å². The summed E-state index contributed by atoms with van der Waals surface area (Å²) in [6.45, 7) is 2.78. The van der Waals surface area contributed by atoms with E-state index in [4.69, 9.17) is 0 Å². The van der Waals surface area contributed by atoms with E-state index in [9.17, 15) is 0 Å². The SMILES string of the molecule is Cc1[nH]ncc1CNc1cccnc1. The van der Waals surface area contributed by atoms with E-state index < -0.39 is 0 Å². The highest BCUT2D eigenvalue weighted by atomic mass is 15.1. The van der Waals surface area contributed by atoms with Crippen molar-refractivity contribution in [2.75, 3.05) is 5.32 Å². The second kappa shape index (κ2) is 3.91. The summed E-state index contributed by atoms with van der Waals surface area (Å²) in [6, 6.07) is 3.90. The molecule has 0 aliphatic heterocycles. The molecule has 0 unspecified atom stereocenters. The molecule has 4 nitrogen and oxygen atoms in total. The van der Waals surface area contributed by atoms with Gasteiger partial charge in [-0.3, -0.25) is 10.1 Å². The predicted octanol–water partition coefficient (Wildman–Crippen LogP) is 1.73. The summed E-state index contributed by atoms with van der Waals surface area (Å²) in [5.41, 5.74) is 3.29. The quantitative estimate of drug-likeness (QED) is 0.771. The number of hydrogen-bond donors (Lipinski definition) is 2. The highest BCUT2D eigenvalue weighted by molar-refractivity contribution is 5.40. The van der Waals surface area contributed by atoms with Crippen LogP contribution < -0.4 is 5.32 Å². The third-order valence-corrected chi connectivity index (χ3v) is 2.08. The molecule has 0 bridgehead atoms. The molecule has 4 heteroatoms. The van der Waals surface area contributed by atoms with Crippen LogP contribution in [0.1, 0.15) is 11.3 Å². The zero-order valence-corrected chi connectivity index (χ0v) is 7.99. The Morgan fingerprint density at radius 2 is 2.36 bits per heavy atom. The monoisotopic (exact) mass is 188 g/mol. The van der Waals surface area contributed by atoms with Gasteiger partial charge in [-0.2, -0.15) is 5.10 Å². The molecule has 2 N–H and O–H groups in total. The Balaban J connectivity index is 1.99. The summed E-state index contributed by atoms with van der Waals surface area (Å²) in [4.78, 5) is 4.02. The lowest BCUT2D eigenvalue weighted by Crippen LogP contribution is -1.99. The van der Waals surface area contributed by atoms with Gasteiger partial charge in [0, 0.05) is 30.2 Å². The molecule has 2 rings (SSSR count). The van der Waals surface area contributed by atoms with Crippen molar-refractivity contribution in [1.82, 2.24) is 15.2 Å². The van der Waals surface area contributed by atoms with Crippen LogP contribution >= 0.6 is 0 Å². The normalized spacial score (nSPS) is 10.1. The summed E-state index contributed by atoms with van der Waals surface area (Å²) in [5, 5.41) is 10.1. The van der Waals surface area contributed by atoms with E-state index in [-0.39, 0.29) is 0 Å². The van der Waals surface area contributed by atoms with Crippen LogP contribution in [0.3, 0.4) is 0 Å². The number of H-pyrrole nitrogens is 1. The van der Waals surface area contributed by atoms with E-state index in [1.165, 1.54) is 5.56 Å². The van der Waals surface area contributed by atoms with Gasteiger partial charge >= 0.3 is 0 Å². The first-order valence-corrected chi connectivity index (χ1v) is 4.49. The highest BCUT2D eigenvalue weighted by Crippen LogP contribution is 2.08. The lowest BCUT2D eigenvalue weighted by Gasteiger charge is -2.03. The molecular weight excluding hydrogens is 176 g/mol. The Labute approximate surface area is 82.4 Å². The van der Waals surface area contributed by atoms with Crippen LogP contribution in [0, 0.1) is 6.92 Å². The van der Waals surface area contributed by atoms with Crippen molar-refractivity contribution in [3.8, 4) is 0 Å². The number of rotatable bonds is 3. The fourth-order valence-electron chi connectivity index (χ4n) is 1.22. The number of nitrogens with one attached hydrogen (secondary N) is 2. The number of hydrogen-bond acceptors (Lipinski definition) is 3. The molecule has 0 aliphatic carbocycles. The van der Waals surface area contributed by atoms with Crippen molar-refractivity contribution in [3.63, 3.8) is 0 Å². The number of anilines is 1. The third kappa shape index (κ3) is 1.90. The van der Waals surface area contributed by atoms with Gasteiger partial charge in [0.2, 0.25) is 0 Å². The zero-order valence-electron chi connectivity index (χ0n) is 7.99. The summed E-state index contributed by atoms with van der Waals surface area (Å²) in [6.07, 6.45) is 5.39. The standard InChI is InChI=1S/C10H12N4/c1-8-9(6-13-14-8)5-12-10-3-2-4-11-7-10/h2-4,6-7,12H,5H2,1H3,(H,13,14). The molecule has 2 heterocycles. The molecule has 0 fully saturated rings. The maximum absolute atomic E-state index is 4.02. The van der Waals surface area contributed by atoms with E-state index in [0.717, 1.165) is 17.9 Å². The first-order valence-electron chi connectivity index (χ1n) is 4.49. The number of aromatic nitrogens is 3. The number of aromatic amines is 1. The Hall–Kier alpha value is -1.84. The predicted molar refractivity (Wildman–Crippen MR) is 54.9 cm³/mol. The van der Waals surface area contributed by atoms with Crippen LogP contribution in [0.2, 0.25) is 0 Å². The Morgan fingerprint density at radius 3 is 3.00 bits per heavy atom. The second-order valence-electron chi connectivity index (χ2n) is 3.12. The number of aryl methyl sites for hydroxylation is 1. The number of nitrogens with zero attached hydrogens (tertiary/aromatic N) is 2. The Kier molecular flexibility index (Phi) is 2.44. The molecule has 0 amide bonds. The van der Waals surface area contributed by atoms with Gasteiger partial charge in [0.15, 0.2) is 0 Å².